The minimum Gasteiger partial charge on any atom is -0.491 e. The standard InChI is InChI=1S/C19H23NO4S/c1-14-12-16(8-9-19(14)24-11-10-23-3)25(21,22)20-13-15(2)17-6-4-5-7-18(17)20/h4-9,12,15H,10-11,13H2,1-3H3. The lowest BCUT2D eigenvalue weighted by atomic mass is 10.0. The van der Waals surface area contributed by atoms with Gasteiger partial charge in [-0.25, -0.2) is 8.42 Å². The fourth-order valence-corrected chi connectivity index (χ4v) is 4.78. The lowest BCUT2D eigenvalue weighted by molar-refractivity contribution is 0.146. The van der Waals surface area contributed by atoms with Gasteiger partial charge in [-0.2, -0.15) is 0 Å². The third-order valence-corrected chi connectivity index (χ3v) is 6.23. The van der Waals surface area contributed by atoms with Gasteiger partial charge in [0.1, 0.15) is 12.4 Å². The molecule has 1 heterocycles. The first-order chi connectivity index (χ1) is 11.9. The monoisotopic (exact) mass is 361 g/mol. The number of sulfonamides is 1. The quantitative estimate of drug-likeness (QED) is 0.741. The molecule has 5 nitrogen and oxygen atoms in total. The zero-order valence-corrected chi connectivity index (χ0v) is 15.5. The van der Waals surface area contributed by atoms with Gasteiger partial charge >= 0.3 is 0 Å². The number of benzene rings is 2. The van der Waals surface area contributed by atoms with Crippen LogP contribution < -0.4 is 9.04 Å². The molecule has 2 aromatic rings. The molecule has 6 heteroatoms. The lowest BCUT2D eigenvalue weighted by Gasteiger charge is -2.20. The van der Waals surface area contributed by atoms with Gasteiger partial charge in [-0.15, -0.1) is 0 Å². The summed E-state index contributed by atoms with van der Waals surface area (Å²) in [5, 5.41) is 0. The summed E-state index contributed by atoms with van der Waals surface area (Å²) in [6.45, 7) is 5.28. The molecule has 0 fully saturated rings. The minimum absolute atomic E-state index is 0.184. The van der Waals surface area contributed by atoms with Gasteiger partial charge in [0.15, 0.2) is 0 Å². The van der Waals surface area contributed by atoms with Crippen molar-refractivity contribution >= 4 is 15.7 Å². The molecule has 0 saturated heterocycles. The van der Waals surface area contributed by atoms with Crippen LogP contribution in [0.3, 0.4) is 0 Å². The van der Waals surface area contributed by atoms with Crippen molar-refractivity contribution in [2.24, 2.45) is 0 Å². The van der Waals surface area contributed by atoms with E-state index in [1.54, 1.807) is 25.3 Å². The van der Waals surface area contributed by atoms with Crippen LogP contribution in [-0.2, 0) is 14.8 Å². The van der Waals surface area contributed by atoms with Gasteiger partial charge in [0.05, 0.1) is 17.2 Å². The molecule has 0 N–H and O–H groups in total. The predicted molar refractivity (Wildman–Crippen MR) is 97.9 cm³/mol. The highest BCUT2D eigenvalue weighted by Gasteiger charge is 2.34. The molecular formula is C19H23NO4S. The fourth-order valence-electron chi connectivity index (χ4n) is 3.11. The van der Waals surface area contributed by atoms with E-state index in [9.17, 15) is 8.42 Å². The van der Waals surface area contributed by atoms with Gasteiger partial charge in [0.25, 0.3) is 10.0 Å². The molecule has 134 valence electrons. The molecule has 1 unspecified atom stereocenters. The largest absolute Gasteiger partial charge is 0.491 e. The average Bonchev–Trinajstić information content (AvgIpc) is 2.94. The Morgan fingerprint density at radius 3 is 2.64 bits per heavy atom. The van der Waals surface area contributed by atoms with Gasteiger partial charge in [-0.3, -0.25) is 4.31 Å². The molecule has 0 saturated carbocycles. The highest BCUT2D eigenvalue weighted by atomic mass is 32.2. The normalized spacial score (nSPS) is 16.8. The Balaban J connectivity index is 1.90. The predicted octanol–water partition coefficient (Wildman–Crippen LogP) is 3.33. The topological polar surface area (TPSA) is 55.8 Å². The van der Waals surface area contributed by atoms with Crippen LogP contribution in [0.25, 0.3) is 0 Å². The van der Waals surface area contributed by atoms with E-state index in [2.05, 4.69) is 0 Å². The first kappa shape index (κ1) is 17.8. The second-order valence-corrected chi connectivity index (χ2v) is 8.13. The highest BCUT2D eigenvalue weighted by Crippen LogP contribution is 2.39. The van der Waals surface area contributed by atoms with Crippen LogP contribution in [0, 0.1) is 6.92 Å². The van der Waals surface area contributed by atoms with Gasteiger partial charge in [0, 0.05) is 19.6 Å². The van der Waals surface area contributed by atoms with E-state index in [-0.39, 0.29) is 10.8 Å². The number of hydrogen-bond donors (Lipinski definition) is 0. The summed E-state index contributed by atoms with van der Waals surface area (Å²) < 4.78 is 38.3. The summed E-state index contributed by atoms with van der Waals surface area (Å²) in [7, 11) is -1.98. The number of anilines is 1. The van der Waals surface area contributed by atoms with Crippen molar-refractivity contribution in [3.8, 4) is 5.75 Å². The summed E-state index contributed by atoms with van der Waals surface area (Å²) in [4.78, 5) is 0.285. The average molecular weight is 361 g/mol. The number of aryl methyl sites for hydroxylation is 1. The maximum atomic E-state index is 13.1. The van der Waals surface area contributed by atoms with Crippen molar-refractivity contribution in [2.45, 2.75) is 24.7 Å². The Morgan fingerprint density at radius 1 is 1.16 bits per heavy atom. The van der Waals surface area contributed by atoms with E-state index in [4.69, 9.17) is 9.47 Å². The molecule has 0 radical (unpaired) electrons. The van der Waals surface area contributed by atoms with Crippen LogP contribution in [0.1, 0.15) is 24.0 Å². The van der Waals surface area contributed by atoms with E-state index in [0.717, 1.165) is 16.8 Å². The highest BCUT2D eigenvalue weighted by molar-refractivity contribution is 7.92. The van der Waals surface area contributed by atoms with E-state index in [1.165, 1.54) is 4.31 Å². The summed E-state index contributed by atoms with van der Waals surface area (Å²) in [6.07, 6.45) is 0. The molecule has 0 bridgehead atoms. The zero-order valence-electron chi connectivity index (χ0n) is 14.7. The molecular weight excluding hydrogens is 338 g/mol. The van der Waals surface area contributed by atoms with Crippen LogP contribution in [0.2, 0.25) is 0 Å². The number of hydrogen-bond acceptors (Lipinski definition) is 4. The van der Waals surface area contributed by atoms with Crippen LogP contribution >= 0.6 is 0 Å². The molecule has 2 aromatic carbocycles. The van der Waals surface area contributed by atoms with Crippen molar-refractivity contribution < 1.29 is 17.9 Å². The fraction of sp³-hybridized carbons (Fsp3) is 0.368. The summed E-state index contributed by atoms with van der Waals surface area (Å²) in [5.41, 5.74) is 2.63. The number of methoxy groups -OCH3 is 1. The maximum Gasteiger partial charge on any atom is 0.264 e. The van der Waals surface area contributed by atoms with Crippen molar-refractivity contribution in [1.82, 2.24) is 0 Å². The number of ether oxygens (including phenoxy) is 2. The SMILES string of the molecule is COCCOc1ccc(S(=O)(=O)N2CC(C)c3ccccc32)cc1C. The molecule has 3 rings (SSSR count). The van der Waals surface area contributed by atoms with Gasteiger partial charge in [-0.05, 0) is 42.3 Å². The zero-order chi connectivity index (χ0) is 18.0. The van der Waals surface area contributed by atoms with Crippen LogP contribution in [-0.4, -0.2) is 35.3 Å². The summed E-state index contributed by atoms with van der Waals surface area (Å²) in [5.74, 6) is 0.856. The maximum absolute atomic E-state index is 13.1. The molecule has 0 amide bonds. The van der Waals surface area contributed by atoms with E-state index >= 15 is 0 Å². The van der Waals surface area contributed by atoms with Gasteiger partial charge in [-0.1, -0.05) is 25.1 Å². The van der Waals surface area contributed by atoms with E-state index in [0.29, 0.717) is 25.5 Å². The molecule has 1 aliphatic heterocycles. The lowest BCUT2D eigenvalue weighted by Crippen LogP contribution is -2.29. The molecule has 1 atom stereocenters. The molecule has 0 aliphatic carbocycles. The second kappa shape index (κ2) is 7.06. The Hall–Kier alpha value is -2.05. The Bertz CT molecular complexity index is 863. The van der Waals surface area contributed by atoms with E-state index < -0.39 is 10.0 Å². The molecule has 25 heavy (non-hydrogen) atoms. The van der Waals surface area contributed by atoms with Crippen LogP contribution in [0.15, 0.2) is 47.4 Å². The number of nitrogens with zero attached hydrogens (tertiary/aromatic N) is 1. The third kappa shape index (κ3) is 3.37. The first-order valence-electron chi connectivity index (χ1n) is 8.29. The Labute approximate surface area is 149 Å². The van der Waals surface area contributed by atoms with Crippen LogP contribution in [0.4, 0.5) is 5.69 Å². The van der Waals surface area contributed by atoms with Crippen molar-refractivity contribution in [3.05, 3.63) is 53.6 Å². The van der Waals surface area contributed by atoms with Crippen LogP contribution in [0.5, 0.6) is 5.75 Å². The molecule has 0 spiro atoms. The smallest absolute Gasteiger partial charge is 0.264 e. The Morgan fingerprint density at radius 2 is 1.92 bits per heavy atom. The minimum atomic E-state index is -3.60. The van der Waals surface area contributed by atoms with E-state index in [1.807, 2.05) is 38.1 Å². The molecule has 0 aromatic heterocycles. The number of para-hydroxylation sites is 1. The first-order valence-corrected chi connectivity index (χ1v) is 9.73. The number of fused-ring (bicyclic) bond motifs is 1. The van der Waals surface area contributed by atoms with Crippen molar-refractivity contribution in [2.75, 3.05) is 31.2 Å². The summed E-state index contributed by atoms with van der Waals surface area (Å²) in [6, 6.07) is 12.7. The van der Waals surface area contributed by atoms with Gasteiger partial charge in [0.2, 0.25) is 0 Å². The summed E-state index contributed by atoms with van der Waals surface area (Å²) >= 11 is 0. The second-order valence-electron chi connectivity index (χ2n) is 6.26. The number of rotatable bonds is 6. The third-order valence-electron chi connectivity index (χ3n) is 4.46. The molecule has 1 aliphatic rings. The van der Waals surface area contributed by atoms with Gasteiger partial charge < -0.3 is 9.47 Å². The Kier molecular flexibility index (Phi) is 5.01. The van der Waals surface area contributed by atoms with Crippen molar-refractivity contribution in [1.29, 1.82) is 0 Å². The van der Waals surface area contributed by atoms with Crippen molar-refractivity contribution in [3.63, 3.8) is 0 Å².